The van der Waals surface area contributed by atoms with E-state index in [1.54, 1.807) is 7.11 Å². The first-order valence-corrected chi connectivity index (χ1v) is 6.58. The molecule has 0 saturated heterocycles. The fraction of sp³-hybridized carbons (Fsp3) is 0.533. The number of amides is 1. The quantitative estimate of drug-likeness (QED) is 0.784. The van der Waals surface area contributed by atoms with Crippen molar-refractivity contribution in [3.05, 3.63) is 29.8 Å². The molecule has 0 fully saturated rings. The minimum absolute atomic E-state index is 0.205. The van der Waals surface area contributed by atoms with Crippen molar-refractivity contribution >= 4 is 5.91 Å². The largest absolute Gasteiger partial charge is 0.496 e. The van der Waals surface area contributed by atoms with Crippen molar-refractivity contribution in [3.8, 4) is 5.75 Å². The molecule has 1 amide bonds. The smallest absolute Gasteiger partial charge is 0.239 e. The Morgan fingerprint density at radius 1 is 1.35 bits per heavy atom. The van der Waals surface area contributed by atoms with Gasteiger partial charge in [-0.15, -0.1) is 0 Å². The first-order chi connectivity index (χ1) is 9.39. The number of carbonyl (C=O) groups excluding carboxylic acids is 1. The second-order valence-electron chi connectivity index (χ2n) is 5.42. The number of benzene rings is 1. The van der Waals surface area contributed by atoms with Crippen LogP contribution in [0.15, 0.2) is 24.3 Å². The van der Waals surface area contributed by atoms with Crippen LogP contribution in [-0.4, -0.2) is 38.3 Å². The van der Waals surface area contributed by atoms with Gasteiger partial charge in [0.15, 0.2) is 0 Å². The molecule has 1 aromatic rings. The number of nitrogens with one attached hydrogen (secondary N) is 1. The zero-order valence-corrected chi connectivity index (χ0v) is 12.6. The Morgan fingerprint density at radius 3 is 2.60 bits per heavy atom. The fourth-order valence-electron chi connectivity index (χ4n) is 2.05. The maximum absolute atomic E-state index is 11.9. The third-order valence-electron chi connectivity index (χ3n) is 2.97. The molecule has 0 heterocycles. The number of para-hydroxylation sites is 1. The van der Waals surface area contributed by atoms with E-state index >= 15 is 0 Å². The maximum Gasteiger partial charge on any atom is 0.239 e. The van der Waals surface area contributed by atoms with Gasteiger partial charge in [0.05, 0.1) is 13.7 Å². The van der Waals surface area contributed by atoms with E-state index in [9.17, 15) is 4.79 Å². The van der Waals surface area contributed by atoms with Crippen LogP contribution in [0.1, 0.15) is 19.4 Å². The molecule has 0 radical (unpaired) electrons. The maximum atomic E-state index is 11.9. The molecule has 5 nitrogen and oxygen atoms in total. The summed E-state index contributed by atoms with van der Waals surface area (Å²) < 4.78 is 10.2. The summed E-state index contributed by atoms with van der Waals surface area (Å²) in [5, 5.41) is 2.94. The summed E-state index contributed by atoms with van der Waals surface area (Å²) in [7, 11) is 3.16. The summed E-state index contributed by atoms with van der Waals surface area (Å²) in [6.45, 7) is 4.12. The Bertz CT molecular complexity index is 446. The van der Waals surface area contributed by atoms with E-state index in [1.165, 1.54) is 7.11 Å². The standard InChI is InChI=1S/C15H24N2O3/c1-15(2,17-14(18)12(16)10-19-3)9-11-7-5-6-8-13(11)20-4/h5-8,12H,9-10,16H2,1-4H3,(H,17,18). The monoisotopic (exact) mass is 280 g/mol. The van der Waals surface area contributed by atoms with Gasteiger partial charge < -0.3 is 20.5 Å². The average Bonchev–Trinajstić information content (AvgIpc) is 2.38. The molecule has 0 bridgehead atoms. The predicted molar refractivity (Wildman–Crippen MR) is 78.8 cm³/mol. The van der Waals surface area contributed by atoms with Crippen molar-refractivity contribution in [2.24, 2.45) is 5.73 Å². The van der Waals surface area contributed by atoms with Crippen LogP contribution in [0, 0.1) is 0 Å². The van der Waals surface area contributed by atoms with Gasteiger partial charge in [-0.25, -0.2) is 0 Å². The molecular weight excluding hydrogens is 256 g/mol. The van der Waals surface area contributed by atoms with Gasteiger partial charge in [0, 0.05) is 12.6 Å². The summed E-state index contributed by atoms with van der Waals surface area (Å²) in [6.07, 6.45) is 0.655. The van der Waals surface area contributed by atoms with Crippen molar-refractivity contribution in [1.82, 2.24) is 5.32 Å². The van der Waals surface area contributed by atoms with Crippen molar-refractivity contribution in [1.29, 1.82) is 0 Å². The predicted octanol–water partition coefficient (Wildman–Crippen LogP) is 1.11. The lowest BCUT2D eigenvalue weighted by atomic mass is 9.94. The number of carbonyl (C=O) groups is 1. The SMILES string of the molecule is COCC(N)C(=O)NC(C)(C)Cc1ccccc1OC. The fourth-order valence-corrected chi connectivity index (χ4v) is 2.05. The van der Waals surface area contributed by atoms with E-state index in [1.807, 2.05) is 38.1 Å². The van der Waals surface area contributed by atoms with Gasteiger partial charge in [-0.2, -0.15) is 0 Å². The van der Waals surface area contributed by atoms with Crippen molar-refractivity contribution in [3.63, 3.8) is 0 Å². The Hall–Kier alpha value is -1.59. The van der Waals surface area contributed by atoms with Crippen molar-refractivity contribution < 1.29 is 14.3 Å². The van der Waals surface area contributed by atoms with Crippen LogP contribution < -0.4 is 15.8 Å². The Balaban J connectivity index is 2.72. The van der Waals surface area contributed by atoms with Crippen LogP contribution in [0.5, 0.6) is 5.75 Å². The minimum atomic E-state index is -0.656. The number of hydrogen-bond donors (Lipinski definition) is 2. The Labute approximate surface area is 120 Å². The summed E-state index contributed by atoms with van der Waals surface area (Å²) in [5.41, 5.74) is 6.35. The molecule has 1 atom stereocenters. The van der Waals surface area contributed by atoms with E-state index in [2.05, 4.69) is 5.32 Å². The minimum Gasteiger partial charge on any atom is -0.496 e. The molecule has 3 N–H and O–H groups in total. The lowest BCUT2D eigenvalue weighted by molar-refractivity contribution is -0.125. The van der Waals surface area contributed by atoms with E-state index < -0.39 is 11.6 Å². The number of rotatable bonds is 7. The molecule has 5 heteroatoms. The molecule has 112 valence electrons. The van der Waals surface area contributed by atoms with Crippen molar-refractivity contribution in [2.75, 3.05) is 20.8 Å². The highest BCUT2D eigenvalue weighted by Crippen LogP contribution is 2.22. The number of ether oxygens (including phenoxy) is 2. The lowest BCUT2D eigenvalue weighted by Gasteiger charge is -2.28. The van der Waals surface area contributed by atoms with Gasteiger partial charge in [0.25, 0.3) is 0 Å². The molecule has 0 aliphatic carbocycles. The van der Waals surface area contributed by atoms with Crippen molar-refractivity contribution in [2.45, 2.75) is 31.8 Å². The number of methoxy groups -OCH3 is 2. The number of hydrogen-bond acceptors (Lipinski definition) is 4. The number of nitrogens with two attached hydrogens (primary N) is 1. The van der Waals surface area contributed by atoms with Crippen LogP contribution in [0.4, 0.5) is 0 Å². The van der Waals surface area contributed by atoms with Crippen LogP contribution in [-0.2, 0) is 16.0 Å². The molecule has 0 spiro atoms. The Morgan fingerprint density at radius 2 is 2.00 bits per heavy atom. The molecule has 1 rings (SSSR count). The van der Waals surface area contributed by atoms with E-state index in [4.69, 9.17) is 15.2 Å². The highest BCUT2D eigenvalue weighted by atomic mass is 16.5. The zero-order valence-electron chi connectivity index (χ0n) is 12.6. The first kappa shape index (κ1) is 16.5. The second kappa shape index (κ2) is 7.26. The highest BCUT2D eigenvalue weighted by molar-refractivity contribution is 5.82. The molecule has 0 saturated carbocycles. The van der Waals surface area contributed by atoms with Crippen LogP contribution in [0.2, 0.25) is 0 Å². The first-order valence-electron chi connectivity index (χ1n) is 6.58. The zero-order chi connectivity index (χ0) is 15.2. The average molecular weight is 280 g/mol. The molecule has 20 heavy (non-hydrogen) atoms. The van der Waals surface area contributed by atoms with Crippen LogP contribution in [0.25, 0.3) is 0 Å². The van der Waals surface area contributed by atoms with E-state index in [-0.39, 0.29) is 12.5 Å². The summed E-state index contributed by atoms with van der Waals surface area (Å²) >= 11 is 0. The topological polar surface area (TPSA) is 73.6 Å². The molecule has 0 aromatic heterocycles. The van der Waals surface area contributed by atoms with E-state index in [0.29, 0.717) is 6.42 Å². The normalized spacial score (nSPS) is 12.8. The second-order valence-corrected chi connectivity index (χ2v) is 5.42. The van der Waals surface area contributed by atoms with Gasteiger partial charge in [0.2, 0.25) is 5.91 Å². The summed E-state index contributed by atoms with van der Waals surface area (Å²) in [4.78, 5) is 11.9. The molecule has 0 aliphatic rings. The molecular formula is C15H24N2O3. The van der Waals surface area contributed by atoms with Crippen LogP contribution in [0.3, 0.4) is 0 Å². The molecule has 1 aromatic carbocycles. The summed E-state index contributed by atoms with van der Waals surface area (Å²) in [5.74, 6) is 0.600. The lowest BCUT2D eigenvalue weighted by Crippen LogP contribution is -2.52. The summed E-state index contributed by atoms with van der Waals surface area (Å²) in [6, 6.07) is 7.11. The van der Waals surface area contributed by atoms with Gasteiger partial charge in [-0.1, -0.05) is 18.2 Å². The molecule has 0 aliphatic heterocycles. The van der Waals surface area contributed by atoms with Gasteiger partial charge in [-0.3, -0.25) is 4.79 Å². The van der Waals surface area contributed by atoms with Gasteiger partial charge in [0.1, 0.15) is 11.8 Å². The molecule has 1 unspecified atom stereocenters. The van der Waals surface area contributed by atoms with Crippen LogP contribution >= 0.6 is 0 Å². The third-order valence-corrected chi connectivity index (χ3v) is 2.97. The highest BCUT2D eigenvalue weighted by Gasteiger charge is 2.25. The van der Waals surface area contributed by atoms with Gasteiger partial charge >= 0.3 is 0 Å². The Kier molecular flexibility index (Phi) is 5.98. The van der Waals surface area contributed by atoms with Gasteiger partial charge in [-0.05, 0) is 31.9 Å². The third kappa shape index (κ3) is 4.83. The van der Waals surface area contributed by atoms with E-state index in [0.717, 1.165) is 11.3 Å².